The summed E-state index contributed by atoms with van der Waals surface area (Å²) in [6.45, 7) is 1.08. The summed E-state index contributed by atoms with van der Waals surface area (Å²) in [5.74, 6) is -0.0774. The highest BCUT2D eigenvalue weighted by molar-refractivity contribution is 5.79. The number of hydrogen-bond acceptors (Lipinski definition) is 3. The van der Waals surface area contributed by atoms with Gasteiger partial charge >= 0.3 is 0 Å². The van der Waals surface area contributed by atoms with E-state index in [1.807, 2.05) is 0 Å². The van der Waals surface area contributed by atoms with Crippen LogP contribution in [0, 0.1) is 11.7 Å². The monoisotopic (exact) mass is 266 g/mol. The SMILES string of the molecule is NCC1CC(=O)N(C(CCO)c2ccc(F)cc2)C1. The van der Waals surface area contributed by atoms with Crippen LogP contribution in [0.4, 0.5) is 4.39 Å². The lowest BCUT2D eigenvalue weighted by Crippen LogP contribution is -2.31. The molecule has 2 unspecified atom stereocenters. The minimum atomic E-state index is -0.306. The quantitative estimate of drug-likeness (QED) is 0.837. The van der Waals surface area contributed by atoms with Crippen molar-refractivity contribution in [1.82, 2.24) is 4.90 Å². The molecule has 1 aromatic rings. The molecule has 1 fully saturated rings. The molecule has 0 radical (unpaired) electrons. The van der Waals surface area contributed by atoms with Crippen molar-refractivity contribution >= 4 is 5.91 Å². The molecule has 1 aromatic carbocycles. The minimum Gasteiger partial charge on any atom is -0.396 e. The third-order valence-corrected chi connectivity index (χ3v) is 3.61. The summed E-state index contributed by atoms with van der Waals surface area (Å²) < 4.78 is 13.0. The molecule has 0 spiro atoms. The second-order valence-corrected chi connectivity index (χ2v) is 4.93. The number of aliphatic hydroxyl groups is 1. The van der Waals surface area contributed by atoms with Gasteiger partial charge in [0.05, 0.1) is 6.04 Å². The number of halogens is 1. The van der Waals surface area contributed by atoms with Crippen LogP contribution >= 0.6 is 0 Å². The molecule has 5 heteroatoms. The van der Waals surface area contributed by atoms with Crippen LogP contribution in [-0.2, 0) is 4.79 Å². The number of nitrogens with zero attached hydrogens (tertiary/aromatic N) is 1. The van der Waals surface area contributed by atoms with Gasteiger partial charge in [-0.05, 0) is 36.6 Å². The lowest BCUT2D eigenvalue weighted by Gasteiger charge is -2.28. The Bertz CT molecular complexity index is 436. The number of nitrogens with two attached hydrogens (primary N) is 1. The van der Waals surface area contributed by atoms with Crippen molar-refractivity contribution < 1.29 is 14.3 Å². The van der Waals surface area contributed by atoms with Gasteiger partial charge in [-0.15, -0.1) is 0 Å². The van der Waals surface area contributed by atoms with Gasteiger partial charge < -0.3 is 15.7 Å². The molecule has 1 amide bonds. The first kappa shape index (κ1) is 14.0. The highest BCUT2D eigenvalue weighted by Gasteiger charge is 2.33. The first-order valence-electron chi connectivity index (χ1n) is 6.51. The molecule has 19 heavy (non-hydrogen) atoms. The number of carbonyl (C=O) groups excluding carboxylic acids is 1. The van der Waals surface area contributed by atoms with Gasteiger partial charge in [0.15, 0.2) is 0 Å². The first-order valence-corrected chi connectivity index (χ1v) is 6.51. The summed E-state index contributed by atoms with van der Waals surface area (Å²) >= 11 is 0. The van der Waals surface area contributed by atoms with Crippen LogP contribution in [0.3, 0.4) is 0 Å². The van der Waals surface area contributed by atoms with Crippen molar-refractivity contribution in [3.8, 4) is 0 Å². The van der Waals surface area contributed by atoms with E-state index in [1.165, 1.54) is 12.1 Å². The minimum absolute atomic E-state index is 0.0148. The molecule has 1 saturated heterocycles. The molecular weight excluding hydrogens is 247 g/mol. The first-order chi connectivity index (χ1) is 9.15. The van der Waals surface area contributed by atoms with Gasteiger partial charge in [-0.1, -0.05) is 12.1 Å². The zero-order valence-electron chi connectivity index (χ0n) is 10.8. The van der Waals surface area contributed by atoms with E-state index in [0.29, 0.717) is 25.9 Å². The average molecular weight is 266 g/mol. The summed E-state index contributed by atoms with van der Waals surface area (Å²) in [6.07, 6.45) is 0.911. The van der Waals surface area contributed by atoms with Crippen LogP contribution in [0.2, 0.25) is 0 Å². The second-order valence-electron chi connectivity index (χ2n) is 4.93. The largest absolute Gasteiger partial charge is 0.396 e. The maximum absolute atomic E-state index is 13.0. The van der Waals surface area contributed by atoms with E-state index in [2.05, 4.69) is 0 Å². The van der Waals surface area contributed by atoms with Crippen LogP contribution in [0.1, 0.15) is 24.4 Å². The summed E-state index contributed by atoms with van der Waals surface area (Å²) in [5.41, 5.74) is 6.46. The number of amides is 1. The fourth-order valence-electron chi connectivity index (χ4n) is 2.58. The zero-order chi connectivity index (χ0) is 13.8. The van der Waals surface area contributed by atoms with Gasteiger partial charge in [0.1, 0.15) is 5.82 Å². The van der Waals surface area contributed by atoms with Crippen LogP contribution in [0.5, 0.6) is 0 Å². The maximum Gasteiger partial charge on any atom is 0.223 e. The Morgan fingerprint density at radius 3 is 2.63 bits per heavy atom. The van der Waals surface area contributed by atoms with E-state index in [4.69, 9.17) is 5.73 Å². The molecule has 2 atom stereocenters. The van der Waals surface area contributed by atoms with Crippen molar-refractivity contribution in [2.45, 2.75) is 18.9 Å². The standard InChI is InChI=1S/C14H19FN2O2/c15-12-3-1-11(2-4-12)13(5-6-18)17-9-10(8-16)7-14(17)19/h1-4,10,13,18H,5-9,16H2. The van der Waals surface area contributed by atoms with Crippen molar-refractivity contribution in [3.63, 3.8) is 0 Å². The van der Waals surface area contributed by atoms with Gasteiger partial charge in [-0.2, -0.15) is 0 Å². The molecule has 0 aromatic heterocycles. The average Bonchev–Trinajstić information content (AvgIpc) is 2.78. The number of benzene rings is 1. The van der Waals surface area contributed by atoms with Crippen molar-refractivity contribution in [1.29, 1.82) is 0 Å². The molecule has 3 N–H and O–H groups in total. The normalized spacial score (nSPS) is 20.9. The second kappa shape index (κ2) is 6.12. The van der Waals surface area contributed by atoms with Crippen LogP contribution in [0.15, 0.2) is 24.3 Å². The molecule has 0 aliphatic carbocycles. The number of likely N-dealkylation sites (tertiary alicyclic amines) is 1. The predicted molar refractivity (Wildman–Crippen MR) is 69.7 cm³/mol. The van der Waals surface area contributed by atoms with Crippen molar-refractivity contribution in [2.24, 2.45) is 11.7 Å². The molecule has 1 aliphatic heterocycles. The third-order valence-electron chi connectivity index (χ3n) is 3.61. The van der Waals surface area contributed by atoms with Crippen LogP contribution in [-0.4, -0.2) is 35.6 Å². The van der Waals surface area contributed by atoms with Gasteiger partial charge in [-0.25, -0.2) is 4.39 Å². The molecular formula is C14H19FN2O2. The van der Waals surface area contributed by atoms with Gasteiger partial charge in [0.25, 0.3) is 0 Å². The number of rotatable bonds is 5. The Balaban J connectivity index is 2.20. The van der Waals surface area contributed by atoms with Crippen molar-refractivity contribution in [2.75, 3.05) is 19.7 Å². The number of aliphatic hydroxyl groups excluding tert-OH is 1. The van der Waals surface area contributed by atoms with Gasteiger partial charge in [-0.3, -0.25) is 4.79 Å². The van der Waals surface area contributed by atoms with E-state index < -0.39 is 0 Å². The summed E-state index contributed by atoms with van der Waals surface area (Å²) in [6, 6.07) is 5.88. The van der Waals surface area contributed by atoms with E-state index in [0.717, 1.165) is 5.56 Å². The molecule has 1 aliphatic rings. The Labute approximate surface area is 112 Å². The fourth-order valence-corrected chi connectivity index (χ4v) is 2.58. The smallest absolute Gasteiger partial charge is 0.223 e. The lowest BCUT2D eigenvalue weighted by molar-refractivity contribution is -0.130. The molecule has 1 heterocycles. The summed E-state index contributed by atoms with van der Waals surface area (Å²) in [7, 11) is 0. The predicted octanol–water partition coefficient (Wildman–Crippen LogP) is 1.06. The van der Waals surface area contributed by atoms with E-state index in [1.54, 1.807) is 17.0 Å². The van der Waals surface area contributed by atoms with Gasteiger partial charge in [0.2, 0.25) is 5.91 Å². The zero-order valence-corrected chi connectivity index (χ0v) is 10.8. The van der Waals surface area contributed by atoms with E-state index in [9.17, 15) is 14.3 Å². The molecule has 104 valence electrons. The van der Waals surface area contributed by atoms with E-state index >= 15 is 0 Å². The van der Waals surface area contributed by atoms with Gasteiger partial charge in [0, 0.05) is 19.6 Å². The highest BCUT2D eigenvalue weighted by atomic mass is 19.1. The Hall–Kier alpha value is -1.46. The summed E-state index contributed by atoms with van der Waals surface area (Å²) in [5, 5.41) is 9.19. The summed E-state index contributed by atoms with van der Waals surface area (Å²) in [4.78, 5) is 13.8. The number of hydrogen-bond donors (Lipinski definition) is 2. The third kappa shape index (κ3) is 3.11. The highest BCUT2D eigenvalue weighted by Crippen LogP contribution is 2.30. The Morgan fingerprint density at radius 1 is 1.42 bits per heavy atom. The Morgan fingerprint density at radius 2 is 2.11 bits per heavy atom. The molecule has 2 rings (SSSR count). The number of carbonyl (C=O) groups is 1. The van der Waals surface area contributed by atoms with E-state index in [-0.39, 0.29) is 30.3 Å². The Kier molecular flexibility index (Phi) is 4.50. The molecule has 0 saturated carbocycles. The van der Waals surface area contributed by atoms with Crippen molar-refractivity contribution in [3.05, 3.63) is 35.6 Å². The maximum atomic E-state index is 13.0. The van der Waals surface area contributed by atoms with Crippen LogP contribution in [0.25, 0.3) is 0 Å². The topological polar surface area (TPSA) is 66.6 Å². The molecule has 4 nitrogen and oxygen atoms in total. The van der Waals surface area contributed by atoms with Crippen LogP contribution < -0.4 is 5.73 Å². The fraction of sp³-hybridized carbons (Fsp3) is 0.500. The molecule has 0 bridgehead atoms. The lowest BCUT2D eigenvalue weighted by atomic mass is 10.0.